The monoisotopic (exact) mass is 1080 g/mol. The molecule has 0 fully saturated rings. The lowest BCUT2D eigenvalue weighted by atomic mass is 9.88. The smallest absolute Gasteiger partial charge is 0.119 e. The van der Waals surface area contributed by atoms with Gasteiger partial charge in [0.2, 0.25) is 0 Å². The minimum Gasteiger partial charge on any atom is -0.497 e. The van der Waals surface area contributed by atoms with Gasteiger partial charge in [0.1, 0.15) is 22.6 Å². The minimum atomic E-state index is -1.41. The van der Waals surface area contributed by atoms with Gasteiger partial charge >= 0.3 is 0 Å². The highest BCUT2D eigenvalue weighted by molar-refractivity contribution is 7.79. The highest BCUT2D eigenvalue weighted by atomic mass is 31.1. The van der Waals surface area contributed by atoms with Crippen molar-refractivity contribution >= 4 is 67.6 Å². The average Bonchev–Trinajstić information content (AvgIpc) is 3.52. The first-order valence-corrected chi connectivity index (χ1v) is 29.6. The zero-order valence-electron chi connectivity index (χ0n) is 46.9. The molecule has 0 aliphatic rings. The van der Waals surface area contributed by atoms with Crippen LogP contribution in [0.25, 0.3) is 122 Å². The Kier molecular flexibility index (Phi) is 13.3. The first kappa shape index (κ1) is 51.2. The van der Waals surface area contributed by atoms with Crippen molar-refractivity contribution in [3.8, 4) is 84.0 Å². The lowest BCUT2D eigenvalue weighted by Crippen LogP contribution is -2.26. The molecule has 2 aromatic heterocycles. The number of methoxy groups -OCH3 is 1. The number of fused-ring (bicyclic) bond motifs is 4. The van der Waals surface area contributed by atoms with Crippen LogP contribution in [0.15, 0.2) is 255 Å². The number of hydrogen-bond acceptors (Lipinski definition) is 5. The summed E-state index contributed by atoms with van der Waals surface area (Å²) in [5.74, 6) is 0.782. The van der Waals surface area contributed by atoms with Crippen LogP contribution in [-0.4, -0.2) is 27.0 Å². The molecule has 0 N–H and O–H groups in total. The summed E-state index contributed by atoms with van der Waals surface area (Å²) in [4.78, 5) is 24.7. The first-order valence-electron chi connectivity index (χ1n) is 28.2. The van der Waals surface area contributed by atoms with E-state index in [4.69, 9.17) is 24.7 Å². The Balaban J connectivity index is 1.21. The average molecular weight is 1090 g/mol. The fraction of sp³-hybridized carbons (Fsp3) is 0.0649. The van der Waals surface area contributed by atoms with E-state index in [0.717, 1.165) is 127 Å². The van der Waals surface area contributed by atoms with Gasteiger partial charge in [-0.05, 0) is 105 Å². The summed E-state index contributed by atoms with van der Waals surface area (Å²) in [5.41, 5.74) is 21.9. The summed E-state index contributed by atoms with van der Waals surface area (Å²) >= 11 is 0. The molecule has 396 valence electrons. The number of benzene rings is 12. The summed E-state index contributed by atoms with van der Waals surface area (Å²) in [6.07, 6.45) is 0. The first-order chi connectivity index (χ1) is 40.7. The van der Waals surface area contributed by atoms with E-state index in [9.17, 15) is 0 Å². The molecule has 0 atom stereocenters. The maximum absolute atomic E-state index is 6.20. The SMILES string of the molecule is COc1ccc2cccc(-c3c(-c4nc5c(-c6ccc(C)cc6)ccc(-c6ccc(C)cc6)c5nc4-c4nc5c(-c6ccc(C)cc6)ccc(-c6ccc(C)cc6)c5nc4P(c4ccccc4)c4ccccc4)ccc4ccccc34)c2c1. The molecule has 0 spiro atoms. The Morgan fingerprint density at radius 3 is 1.19 bits per heavy atom. The molecule has 14 rings (SSSR count). The molecular formula is C77H57N4OP. The number of nitrogens with zero attached hydrogens (tertiary/aromatic N) is 4. The standard InChI is InChI=1S/C77H57N4OP/c1-48-23-31-54(32-24-48)62-43-44-63(55-33-25-49(2)26-34-55)71-70(62)78-74(67-42-40-52-15-12-13-21-61(52)69(67)66-22-14-16-53-39-41-58(82-5)47-68(53)66)75(79-71)76-77(83(59-17-8-6-9-18-59)60-19-10-7-11-20-60)81-73-65(57-37-29-51(4)30-38-57)46-45-64(72(73)80-76)56-35-27-50(3)28-36-56/h6-47H,1-5H3. The maximum atomic E-state index is 6.20. The van der Waals surface area contributed by atoms with E-state index in [0.29, 0.717) is 17.1 Å². The molecule has 0 saturated heterocycles. The fourth-order valence-electron chi connectivity index (χ4n) is 11.7. The molecule has 0 aliphatic heterocycles. The lowest BCUT2D eigenvalue weighted by molar-refractivity contribution is 0.415. The summed E-state index contributed by atoms with van der Waals surface area (Å²) in [6.45, 7) is 8.53. The highest BCUT2D eigenvalue weighted by Crippen LogP contribution is 2.48. The Bertz CT molecular complexity index is 4740. The molecule has 0 unspecified atom stereocenters. The maximum Gasteiger partial charge on any atom is 0.119 e. The van der Waals surface area contributed by atoms with Crippen LogP contribution < -0.4 is 20.8 Å². The third-order valence-corrected chi connectivity index (χ3v) is 18.4. The topological polar surface area (TPSA) is 60.8 Å². The van der Waals surface area contributed by atoms with E-state index in [1.165, 1.54) is 22.3 Å². The molecule has 6 heteroatoms. The Morgan fingerprint density at radius 2 is 0.699 bits per heavy atom. The molecule has 0 radical (unpaired) electrons. The van der Waals surface area contributed by atoms with Crippen molar-refractivity contribution in [2.75, 3.05) is 7.11 Å². The third-order valence-electron chi connectivity index (χ3n) is 16.1. The number of aromatic nitrogens is 4. The van der Waals surface area contributed by atoms with E-state index in [1.54, 1.807) is 7.11 Å². The van der Waals surface area contributed by atoms with Crippen molar-refractivity contribution in [3.63, 3.8) is 0 Å². The Labute approximate surface area is 485 Å². The van der Waals surface area contributed by atoms with Gasteiger partial charge in [-0.1, -0.05) is 265 Å². The van der Waals surface area contributed by atoms with Crippen molar-refractivity contribution in [2.24, 2.45) is 0 Å². The van der Waals surface area contributed by atoms with Gasteiger partial charge in [-0.2, -0.15) is 0 Å². The van der Waals surface area contributed by atoms with Crippen LogP contribution in [0.1, 0.15) is 22.3 Å². The summed E-state index contributed by atoms with van der Waals surface area (Å²) in [5, 5.41) is 6.65. The fourth-order valence-corrected chi connectivity index (χ4v) is 14.0. The van der Waals surface area contributed by atoms with Crippen LogP contribution in [0.3, 0.4) is 0 Å². The van der Waals surface area contributed by atoms with Gasteiger partial charge in [0, 0.05) is 35.7 Å². The Hall–Kier alpha value is -9.93. The van der Waals surface area contributed by atoms with Crippen LogP contribution in [0, 0.1) is 27.7 Å². The minimum absolute atomic E-state index is 0.639. The van der Waals surface area contributed by atoms with Gasteiger partial charge < -0.3 is 4.74 Å². The number of aryl methyl sites for hydroxylation is 4. The molecule has 14 aromatic rings. The summed E-state index contributed by atoms with van der Waals surface area (Å²) < 4.78 is 5.95. The molecule has 5 nitrogen and oxygen atoms in total. The largest absolute Gasteiger partial charge is 0.497 e. The van der Waals surface area contributed by atoms with Crippen molar-refractivity contribution in [2.45, 2.75) is 27.7 Å². The van der Waals surface area contributed by atoms with Gasteiger partial charge in [-0.25, -0.2) is 19.9 Å². The zero-order chi connectivity index (χ0) is 56.1. The van der Waals surface area contributed by atoms with E-state index >= 15 is 0 Å². The van der Waals surface area contributed by atoms with Gasteiger partial charge in [0.25, 0.3) is 0 Å². The van der Waals surface area contributed by atoms with Crippen molar-refractivity contribution in [1.82, 2.24) is 19.9 Å². The second-order valence-electron chi connectivity index (χ2n) is 21.6. The van der Waals surface area contributed by atoms with Crippen LogP contribution >= 0.6 is 7.92 Å². The zero-order valence-corrected chi connectivity index (χ0v) is 47.8. The van der Waals surface area contributed by atoms with Crippen LogP contribution in [0.2, 0.25) is 0 Å². The van der Waals surface area contributed by atoms with Crippen molar-refractivity contribution in [3.05, 3.63) is 277 Å². The van der Waals surface area contributed by atoms with E-state index in [1.807, 2.05) is 6.07 Å². The summed E-state index contributed by atoms with van der Waals surface area (Å²) in [6, 6.07) is 91.7. The van der Waals surface area contributed by atoms with E-state index < -0.39 is 7.92 Å². The predicted molar refractivity (Wildman–Crippen MR) is 350 cm³/mol. The quantitative estimate of drug-likeness (QED) is 0.121. The van der Waals surface area contributed by atoms with E-state index in [2.05, 4.69) is 276 Å². The molecule has 0 aliphatic carbocycles. The van der Waals surface area contributed by atoms with Crippen molar-refractivity contribution < 1.29 is 4.74 Å². The van der Waals surface area contributed by atoms with Crippen LogP contribution in [0.5, 0.6) is 5.75 Å². The van der Waals surface area contributed by atoms with Crippen molar-refractivity contribution in [1.29, 1.82) is 0 Å². The lowest BCUT2D eigenvalue weighted by Gasteiger charge is -2.24. The third kappa shape index (κ3) is 9.49. The molecule has 2 heterocycles. The molecule has 12 aromatic carbocycles. The van der Waals surface area contributed by atoms with E-state index in [-0.39, 0.29) is 0 Å². The predicted octanol–water partition coefficient (Wildman–Crippen LogP) is 18.5. The number of hydrogen-bond donors (Lipinski definition) is 0. The molecular weight excluding hydrogens is 1030 g/mol. The highest BCUT2D eigenvalue weighted by Gasteiger charge is 2.31. The van der Waals surface area contributed by atoms with Gasteiger partial charge in [0.05, 0.1) is 34.9 Å². The molecule has 83 heavy (non-hydrogen) atoms. The molecule has 0 bridgehead atoms. The van der Waals surface area contributed by atoms with Crippen LogP contribution in [0.4, 0.5) is 0 Å². The van der Waals surface area contributed by atoms with Gasteiger partial charge in [0.15, 0.2) is 0 Å². The second kappa shape index (κ2) is 21.5. The second-order valence-corrected chi connectivity index (χ2v) is 23.7. The van der Waals surface area contributed by atoms with Gasteiger partial charge in [-0.3, -0.25) is 0 Å². The summed E-state index contributed by atoms with van der Waals surface area (Å²) in [7, 11) is 0.325. The molecule has 0 amide bonds. The molecule has 0 saturated carbocycles. The number of rotatable bonds is 11. The normalized spacial score (nSPS) is 11.5. The van der Waals surface area contributed by atoms with Crippen LogP contribution in [-0.2, 0) is 0 Å². The number of ether oxygens (including phenoxy) is 1. The Morgan fingerprint density at radius 1 is 0.301 bits per heavy atom. The van der Waals surface area contributed by atoms with Gasteiger partial charge in [-0.15, -0.1) is 0 Å².